The molecule has 0 fully saturated rings. The zero-order valence-corrected chi connectivity index (χ0v) is 37.5. The molecule has 0 saturated carbocycles. The lowest BCUT2D eigenvalue weighted by atomic mass is 10.0. The summed E-state index contributed by atoms with van der Waals surface area (Å²) in [6.07, 6.45) is 61.2. The molecule has 0 radical (unpaired) electrons. The normalized spacial score (nSPS) is 12.4. The molecule has 0 saturated heterocycles. The Morgan fingerprint density at radius 1 is 0.436 bits per heavy atom. The highest BCUT2D eigenvalue weighted by atomic mass is 16.6. The molecule has 0 amide bonds. The van der Waals surface area contributed by atoms with E-state index < -0.39 is 6.10 Å². The number of hydrogen-bond acceptors (Lipinski definition) is 4. The van der Waals surface area contributed by atoms with Gasteiger partial charge in [0.1, 0.15) is 6.10 Å². The first-order valence-electron chi connectivity index (χ1n) is 24.9. The summed E-state index contributed by atoms with van der Waals surface area (Å²) in [6, 6.07) is 0. The van der Waals surface area contributed by atoms with Crippen LogP contribution in [0.1, 0.15) is 271 Å². The van der Waals surface area contributed by atoms with Gasteiger partial charge >= 0.3 is 5.97 Å². The van der Waals surface area contributed by atoms with E-state index in [1.54, 1.807) is 0 Å². The fraction of sp³-hybridized carbons (Fsp3) is 0.902. The molecule has 0 rings (SSSR count). The molecule has 0 aliphatic rings. The van der Waals surface area contributed by atoms with Crippen LogP contribution in [0.5, 0.6) is 0 Å². The third-order valence-corrected chi connectivity index (χ3v) is 11.3. The lowest BCUT2D eigenvalue weighted by Crippen LogP contribution is -2.27. The van der Waals surface area contributed by atoms with Crippen molar-refractivity contribution in [3.05, 3.63) is 24.3 Å². The molecule has 0 heterocycles. The predicted octanol–water partition coefficient (Wildman–Crippen LogP) is 16.7. The van der Waals surface area contributed by atoms with Crippen molar-refractivity contribution in [1.82, 2.24) is 0 Å². The van der Waals surface area contributed by atoms with Crippen LogP contribution in [-0.4, -0.2) is 37.0 Å². The van der Waals surface area contributed by atoms with E-state index in [4.69, 9.17) is 9.47 Å². The summed E-state index contributed by atoms with van der Waals surface area (Å²) in [5.74, 6) is -0.199. The van der Waals surface area contributed by atoms with Crippen LogP contribution < -0.4 is 0 Å². The maximum Gasteiger partial charge on any atom is 0.306 e. The third kappa shape index (κ3) is 47.1. The van der Waals surface area contributed by atoms with E-state index in [1.165, 1.54) is 225 Å². The van der Waals surface area contributed by atoms with Crippen molar-refractivity contribution in [2.24, 2.45) is 0 Å². The van der Waals surface area contributed by atoms with E-state index in [0.29, 0.717) is 19.6 Å². The summed E-state index contributed by atoms with van der Waals surface area (Å²) in [7, 11) is 0. The summed E-state index contributed by atoms with van der Waals surface area (Å²) in [5.41, 5.74) is 0. The highest BCUT2D eigenvalue weighted by molar-refractivity contribution is 5.69. The zero-order chi connectivity index (χ0) is 39.8. The average molecular weight is 775 g/mol. The van der Waals surface area contributed by atoms with E-state index in [2.05, 4.69) is 38.2 Å². The average Bonchev–Trinajstić information content (AvgIpc) is 3.19. The van der Waals surface area contributed by atoms with Crippen LogP contribution in [0.2, 0.25) is 0 Å². The summed E-state index contributed by atoms with van der Waals surface area (Å²) in [6.45, 7) is 5.38. The molecule has 0 spiro atoms. The number of esters is 1. The largest absolute Gasteiger partial charge is 0.457 e. The van der Waals surface area contributed by atoms with Crippen molar-refractivity contribution in [1.29, 1.82) is 0 Å². The Balaban J connectivity index is 3.37. The molecule has 0 aliphatic carbocycles. The molecule has 0 aromatic carbocycles. The van der Waals surface area contributed by atoms with Gasteiger partial charge in [0.25, 0.3) is 0 Å². The van der Waals surface area contributed by atoms with Crippen molar-refractivity contribution in [3.8, 4) is 0 Å². The summed E-state index contributed by atoms with van der Waals surface area (Å²) in [5, 5.41) is 9.64. The van der Waals surface area contributed by atoms with E-state index >= 15 is 0 Å². The number of aliphatic hydroxyl groups is 1. The first-order valence-corrected chi connectivity index (χ1v) is 24.9. The van der Waals surface area contributed by atoms with Crippen LogP contribution in [0.4, 0.5) is 0 Å². The summed E-state index contributed by atoms with van der Waals surface area (Å²) in [4.78, 5) is 12.3. The summed E-state index contributed by atoms with van der Waals surface area (Å²) >= 11 is 0. The van der Waals surface area contributed by atoms with Crippen LogP contribution in [0.3, 0.4) is 0 Å². The Morgan fingerprint density at radius 3 is 1.13 bits per heavy atom. The highest BCUT2D eigenvalue weighted by Gasteiger charge is 2.13. The van der Waals surface area contributed by atoms with E-state index in [0.717, 1.165) is 25.7 Å². The molecule has 0 bridgehead atoms. The predicted molar refractivity (Wildman–Crippen MR) is 242 cm³/mol. The lowest BCUT2D eigenvalue weighted by molar-refractivity contribution is -0.154. The molecule has 55 heavy (non-hydrogen) atoms. The zero-order valence-electron chi connectivity index (χ0n) is 37.5. The van der Waals surface area contributed by atoms with Gasteiger partial charge in [-0.1, -0.05) is 244 Å². The first-order chi connectivity index (χ1) is 27.2. The number of carbonyl (C=O) groups is 1. The molecule has 326 valence electrons. The van der Waals surface area contributed by atoms with E-state index in [9.17, 15) is 9.90 Å². The minimum Gasteiger partial charge on any atom is -0.457 e. The maximum atomic E-state index is 12.3. The quantitative estimate of drug-likeness (QED) is 0.0380. The Labute approximate surface area is 345 Å². The van der Waals surface area contributed by atoms with Gasteiger partial charge in [0.2, 0.25) is 0 Å². The third-order valence-electron chi connectivity index (χ3n) is 11.3. The molecule has 4 heteroatoms. The SMILES string of the molecule is CCCCCCC/C=C\C/C=C\CCCCCCCCCCCC(=O)OC(CO)COCCCCCCCCCCCCCCCCCCCCCCCC. The smallest absolute Gasteiger partial charge is 0.306 e. The highest BCUT2D eigenvalue weighted by Crippen LogP contribution is 2.16. The molecule has 0 aromatic rings. The second kappa shape index (κ2) is 49.0. The lowest BCUT2D eigenvalue weighted by Gasteiger charge is -2.16. The topological polar surface area (TPSA) is 55.8 Å². The van der Waals surface area contributed by atoms with Gasteiger partial charge in [-0.05, 0) is 44.9 Å². The summed E-state index contributed by atoms with van der Waals surface area (Å²) < 4.78 is 11.2. The first kappa shape index (κ1) is 53.9. The van der Waals surface area contributed by atoms with Crippen molar-refractivity contribution in [2.75, 3.05) is 19.8 Å². The fourth-order valence-electron chi connectivity index (χ4n) is 7.54. The number of allylic oxidation sites excluding steroid dienone is 4. The Kier molecular flexibility index (Phi) is 48.0. The van der Waals surface area contributed by atoms with Gasteiger partial charge < -0.3 is 14.6 Å². The maximum absolute atomic E-state index is 12.3. The Hall–Kier alpha value is -1.13. The molecule has 0 aromatic heterocycles. The van der Waals surface area contributed by atoms with Gasteiger partial charge in [0, 0.05) is 13.0 Å². The Morgan fingerprint density at radius 2 is 0.764 bits per heavy atom. The molecule has 4 nitrogen and oxygen atoms in total. The van der Waals surface area contributed by atoms with Crippen LogP contribution in [0.15, 0.2) is 24.3 Å². The molecular weight excluding hydrogens is 677 g/mol. The number of unbranched alkanes of at least 4 members (excludes halogenated alkanes) is 35. The molecule has 1 unspecified atom stereocenters. The number of carbonyl (C=O) groups excluding carboxylic acids is 1. The van der Waals surface area contributed by atoms with Crippen LogP contribution >= 0.6 is 0 Å². The van der Waals surface area contributed by atoms with Crippen molar-refractivity contribution < 1.29 is 19.4 Å². The van der Waals surface area contributed by atoms with Gasteiger partial charge in [-0.2, -0.15) is 0 Å². The second-order valence-electron chi connectivity index (χ2n) is 16.9. The fourth-order valence-corrected chi connectivity index (χ4v) is 7.54. The second-order valence-corrected chi connectivity index (χ2v) is 16.9. The minimum atomic E-state index is -0.533. The van der Waals surface area contributed by atoms with Gasteiger partial charge in [-0.25, -0.2) is 0 Å². The minimum absolute atomic E-state index is 0.169. The molecule has 1 atom stereocenters. The number of aliphatic hydroxyl groups excluding tert-OH is 1. The van der Waals surface area contributed by atoms with Gasteiger partial charge in [-0.3, -0.25) is 4.79 Å². The number of hydrogen-bond donors (Lipinski definition) is 1. The van der Waals surface area contributed by atoms with Crippen LogP contribution in [0, 0.1) is 0 Å². The van der Waals surface area contributed by atoms with Crippen LogP contribution in [-0.2, 0) is 14.3 Å². The van der Waals surface area contributed by atoms with Crippen molar-refractivity contribution in [2.45, 2.75) is 277 Å². The van der Waals surface area contributed by atoms with Gasteiger partial charge in [0.15, 0.2) is 0 Å². The van der Waals surface area contributed by atoms with E-state index in [1.807, 2.05) is 0 Å². The monoisotopic (exact) mass is 775 g/mol. The van der Waals surface area contributed by atoms with Gasteiger partial charge in [-0.15, -0.1) is 0 Å². The molecule has 0 aliphatic heterocycles. The standard InChI is InChI=1S/C51H98O4/c1-3-5-7-9-11-13-15-17-19-21-23-25-27-29-31-33-35-37-39-41-43-45-47-54-49-50(48-52)55-51(53)46-44-42-40-38-36-34-32-30-28-26-24-22-20-18-16-14-12-10-8-6-4-2/h16,18,22,24,50,52H,3-15,17,19-21,23,25-49H2,1-2H3/b18-16-,24-22-. The van der Waals surface area contributed by atoms with Crippen molar-refractivity contribution in [3.63, 3.8) is 0 Å². The Bertz CT molecular complexity index is 777. The number of rotatable bonds is 47. The number of ether oxygens (including phenoxy) is 2. The molecule has 1 N–H and O–H groups in total. The molecular formula is C51H98O4. The van der Waals surface area contributed by atoms with Crippen LogP contribution in [0.25, 0.3) is 0 Å². The van der Waals surface area contributed by atoms with Gasteiger partial charge in [0.05, 0.1) is 13.2 Å². The van der Waals surface area contributed by atoms with Crippen molar-refractivity contribution >= 4 is 5.97 Å². The van der Waals surface area contributed by atoms with E-state index in [-0.39, 0.29) is 12.6 Å².